The molecular weight excluding hydrogens is 290 g/mol. The molecule has 112 valence electrons. The zero-order chi connectivity index (χ0) is 15.7. The highest BCUT2D eigenvalue weighted by atomic mass is 14.7. The molecule has 4 aromatic rings. The second-order valence-electron chi connectivity index (χ2n) is 6.80. The van der Waals surface area contributed by atoms with E-state index in [4.69, 9.17) is 0 Å². The molecule has 1 aromatic heterocycles. The van der Waals surface area contributed by atoms with Gasteiger partial charge in [0.1, 0.15) is 0 Å². The Balaban J connectivity index is 1.80. The van der Waals surface area contributed by atoms with Gasteiger partial charge in [0, 0.05) is 18.2 Å². The van der Waals surface area contributed by atoms with E-state index in [-0.39, 0.29) is 0 Å². The molecule has 0 fully saturated rings. The van der Waals surface area contributed by atoms with Gasteiger partial charge in [0.25, 0.3) is 0 Å². The van der Waals surface area contributed by atoms with Crippen LogP contribution in [0.4, 0.5) is 0 Å². The van der Waals surface area contributed by atoms with E-state index in [1.165, 1.54) is 55.4 Å². The van der Waals surface area contributed by atoms with Crippen molar-refractivity contribution in [3.63, 3.8) is 0 Å². The summed E-state index contributed by atoms with van der Waals surface area (Å²) < 4.78 is 0. The van der Waals surface area contributed by atoms with E-state index >= 15 is 0 Å². The number of rotatable bonds is 0. The number of hydrogen-bond donors (Lipinski definition) is 0. The predicted octanol–water partition coefficient (Wildman–Crippen LogP) is 5.38. The Labute approximate surface area is 140 Å². The lowest BCUT2D eigenvalue weighted by molar-refractivity contribution is 1.08. The lowest BCUT2D eigenvalue weighted by Gasteiger charge is -2.22. The lowest BCUT2D eigenvalue weighted by atomic mass is 9.83. The SMILES string of the molecule is c1ccc2c(c1)Cc1c-2cc2c3c(cccc13)Cc1ncccc1-2. The number of nitrogens with zero attached hydrogens (tertiary/aromatic N) is 1. The molecule has 0 spiro atoms. The minimum Gasteiger partial charge on any atom is -0.260 e. The highest BCUT2D eigenvalue weighted by molar-refractivity contribution is 6.07. The van der Waals surface area contributed by atoms with Crippen molar-refractivity contribution in [3.05, 3.63) is 89.2 Å². The molecule has 0 saturated carbocycles. The minimum absolute atomic E-state index is 0.937. The maximum atomic E-state index is 4.64. The quantitative estimate of drug-likeness (QED) is 0.367. The van der Waals surface area contributed by atoms with Crippen molar-refractivity contribution < 1.29 is 0 Å². The first-order valence-corrected chi connectivity index (χ1v) is 8.50. The Morgan fingerprint density at radius 2 is 1.54 bits per heavy atom. The normalized spacial score (nSPS) is 13.5. The number of aromatic nitrogens is 1. The van der Waals surface area contributed by atoms with Gasteiger partial charge < -0.3 is 0 Å². The average molecular weight is 305 g/mol. The number of fused-ring (bicyclic) bond motifs is 6. The first-order valence-electron chi connectivity index (χ1n) is 8.50. The third-order valence-corrected chi connectivity index (χ3v) is 5.57. The molecular formula is C23H15N. The number of pyridine rings is 1. The molecule has 0 bridgehead atoms. The number of hydrogen-bond acceptors (Lipinski definition) is 1. The molecule has 6 rings (SSSR count). The van der Waals surface area contributed by atoms with Crippen LogP contribution in [-0.2, 0) is 12.8 Å². The molecule has 0 atom stereocenters. The largest absolute Gasteiger partial charge is 0.260 e. The fourth-order valence-corrected chi connectivity index (χ4v) is 4.54. The van der Waals surface area contributed by atoms with Crippen LogP contribution in [0.3, 0.4) is 0 Å². The highest BCUT2D eigenvalue weighted by Crippen LogP contribution is 2.47. The van der Waals surface area contributed by atoms with Crippen LogP contribution in [0.1, 0.15) is 22.4 Å². The van der Waals surface area contributed by atoms with Crippen LogP contribution < -0.4 is 0 Å². The second kappa shape index (κ2) is 4.33. The monoisotopic (exact) mass is 305 g/mol. The summed E-state index contributed by atoms with van der Waals surface area (Å²) in [7, 11) is 0. The standard InChI is InChI=1S/C23H15N/c1-2-7-16-14(5-1)11-19-18-8-3-6-15-12-22-17(9-4-10-24-22)21(23(15)18)13-20(16)19/h1-10,13H,11-12H2. The molecule has 0 unspecified atom stereocenters. The van der Waals surface area contributed by atoms with Gasteiger partial charge >= 0.3 is 0 Å². The lowest BCUT2D eigenvalue weighted by Crippen LogP contribution is -2.04. The van der Waals surface area contributed by atoms with Crippen LogP contribution in [0.5, 0.6) is 0 Å². The molecule has 0 radical (unpaired) electrons. The van der Waals surface area contributed by atoms with Gasteiger partial charge in [-0.2, -0.15) is 0 Å². The Kier molecular flexibility index (Phi) is 2.25. The summed E-state index contributed by atoms with van der Waals surface area (Å²) >= 11 is 0. The zero-order valence-electron chi connectivity index (χ0n) is 13.2. The van der Waals surface area contributed by atoms with Gasteiger partial charge in [0.05, 0.1) is 5.69 Å². The summed E-state index contributed by atoms with van der Waals surface area (Å²) in [5.74, 6) is 0. The maximum absolute atomic E-state index is 4.64. The van der Waals surface area contributed by atoms with E-state index < -0.39 is 0 Å². The Morgan fingerprint density at radius 3 is 2.54 bits per heavy atom. The van der Waals surface area contributed by atoms with E-state index in [2.05, 4.69) is 65.6 Å². The smallest absolute Gasteiger partial charge is 0.0526 e. The Morgan fingerprint density at radius 1 is 0.667 bits per heavy atom. The summed E-state index contributed by atoms with van der Waals surface area (Å²) in [5.41, 5.74) is 11.0. The van der Waals surface area contributed by atoms with Gasteiger partial charge in [-0.25, -0.2) is 0 Å². The summed E-state index contributed by atoms with van der Waals surface area (Å²) in [5, 5.41) is 2.86. The van der Waals surface area contributed by atoms with Crippen LogP contribution in [0, 0.1) is 0 Å². The zero-order valence-corrected chi connectivity index (χ0v) is 13.2. The van der Waals surface area contributed by atoms with Crippen molar-refractivity contribution in [2.24, 2.45) is 0 Å². The maximum Gasteiger partial charge on any atom is 0.0526 e. The minimum atomic E-state index is 0.937. The van der Waals surface area contributed by atoms with Crippen LogP contribution in [0.15, 0.2) is 66.9 Å². The highest BCUT2D eigenvalue weighted by Gasteiger charge is 2.26. The van der Waals surface area contributed by atoms with E-state index in [1.807, 2.05) is 6.20 Å². The summed E-state index contributed by atoms with van der Waals surface area (Å²) in [4.78, 5) is 4.64. The Hall–Kier alpha value is -2.93. The molecule has 1 heteroatoms. The molecule has 24 heavy (non-hydrogen) atoms. The first kappa shape index (κ1) is 12.5. The third-order valence-electron chi connectivity index (χ3n) is 5.57. The van der Waals surface area contributed by atoms with E-state index in [9.17, 15) is 0 Å². The molecule has 1 heterocycles. The molecule has 0 amide bonds. The molecule has 0 aliphatic heterocycles. The molecule has 1 nitrogen and oxygen atoms in total. The van der Waals surface area contributed by atoms with Crippen molar-refractivity contribution >= 4 is 10.8 Å². The third kappa shape index (κ3) is 1.47. The van der Waals surface area contributed by atoms with Gasteiger partial charge in [-0.05, 0) is 62.7 Å². The second-order valence-corrected chi connectivity index (χ2v) is 6.80. The van der Waals surface area contributed by atoms with E-state index in [1.54, 1.807) is 0 Å². The fraction of sp³-hybridized carbons (Fsp3) is 0.0870. The van der Waals surface area contributed by atoms with Gasteiger partial charge in [0.15, 0.2) is 0 Å². The van der Waals surface area contributed by atoms with Crippen LogP contribution in [0.2, 0.25) is 0 Å². The summed E-state index contributed by atoms with van der Waals surface area (Å²) in [6.07, 6.45) is 3.89. The molecule has 0 saturated heterocycles. The van der Waals surface area contributed by atoms with Crippen molar-refractivity contribution in [2.75, 3.05) is 0 Å². The van der Waals surface area contributed by atoms with Crippen LogP contribution in [-0.4, -0.2) is 4.98 Å². The molecule has 0 N–H and O–H groups in total. The van der Waals surface area contributed by atoms with Crippen molar-refractivity contribution in [3.8, 4) is 22.3 Å². The summed E-state index contributed by atoms with van der Waals surface area (Å²) in [6, 6.07) is 22.3. The van der Waals surface area contributed by atoms with Gasteiger partial charge in [-0.15, -0.1) is 0 Å². The number of benzene rings is 3. The van der Waals surface area contributed by atoms with Gasteiger partial charge in [-0.3, -0.25) is 4.98 Å². The summed E-state index contributed by atoms with van der Waals surface area (Å²) in [6.45, 7) is 0. The van der Waals surface area contributed by atoms with Crippen LogP contribution in [0.25, 0.3) is 33.0 Å². The fourth-order valence-electron chi connectivity index (χ4n) is 4.54. The van der Waals surface area contributed by atoms with Crippen molar-refractivity contribution in [1.82, 2.24) is 4.98 Å². The van der Waals surface area contributed by atoms with Crippen molar-refractivity contribution in [1.29, 1.82) is 0 Å². The Bertz CT molecular complexity index is 1150. The van der Waals surface area contributed by atoms with E-state index in [0.717, 1.165) is 12.8 Å². The molecule has 2 aliphatic carbocycles. The first-order chi connectivity index (χ1) is 11.9. The van der Waals surface area contributed by atoms with Gasteiger partial charge in [0.2, 0.25) is 0 Å². The van der Waals surface area contributed by atoms with Gasteiger partial charge in [-0.1, -0.05) is 48.5 Å². The van der Waals surface area contributed by atoms with Crippen LogP contribution >= 0.6 is 0 Å². The van der Waals surface area contributed by atoms with Crippen molar-refractivity contribution in [2.45, 2.75) is 12.8 Å². The average Bonchev–Trinajstić information content (AvgIpc) is 3.01. The molecule has 2 aliphatic rings. The topological polar surface area (TPSA) is 12.9 Å². The van der Waals surface area contributed by atoms with E-state index in [0.29, 0.717) is 0 Å². The molecule has 3 aromatic carbocycles. The predicted molar refractivity (Wildman–Crippen MR) is 98.2 cm³/mol.